The minimum Gasteiger partial charge on any atom is -0.490 e. The fraction of sp³-hybridized carbons (Fsp3) is 0.545. The van der Waals surface area contributed by atoms with Gasteiger partial charge in [-0.2, -0.15) is 0 Å². The lowest BCUT2D eigenvalue weighted by atomic mass is 9.93. The molecule has 1 saturated carbocycles. The molecule has 0 saturated heterocycles. The Morgan fingerprint density at radius 1 is 1.38 bits per heavy atom. The normalized spacial score (nSPS) is 14.2. The highest BCUT2D eigenvalue weighted by Crippen LogP contribution is 2.33. The van der Waals surface area contributed by atoms with E-state index in [0.717, 1.165) is 18.5 Å². The van der Waals surface area contributed by atoms with Crippen LogP contribution in [0.5, 0.6) is 5.75 Å². The van der Waals surface area contributed by atoms with Gasteiger partial charge in [-0.25, -0.2) is 14.6 Å². The van der Waals surface area contributed by atoms with Gasteiger partial charge in [-0.3, -0.25) is 0 Å². The summed E-state index contributed by atoms with van der Waals surface area (Å²) in [6, 6.07) is 0.655. The first-order valence-electron chi connectivity index (χ1n) is 11.0. The largest absolute Gasteiger partial charge is 0.490 e. The third-order valence-electron chi connectivity index (χ3n) is 5.38. The summed E-state index contributed by atoms with van der Waals surface area (Å²) in [5.41, 5.74) is 6.84. The number of rotatable bonds is 8. The van der Waals surface area contributed by atoms with Crippen molar-refractivity contribution < 1.29 is 14.5 Å². The maximum atomic E-state index is 10.0. The highest BCUT2D eigenvalue weighted by Gasteiger charge is 2.23. The molecule has 10 nitrogen and oxygen atoms in total. The van der Waals surface area contributed by atoms with Crippen LogP contribution < -0.4 is 15.8 Å². The van der Waals surface area contributed by atoms with Crippen LogP contribution >= 0.6 is 0 Å². The van der Waals surface area contributed by atoms with Crippen molar-refractivity contribution in [3.63, 3.8) is 0 Å². The predicted octanol–water partition coefficient (Wildman–Crippen LogP) is 2.12. The van der Waals surface area contributed by atoms with Crippen molar-refractivity contribution in [2.24, 2.45) is 0 Å². The van der Waals surface area contributed by atoms with Crippen LogP contribution in [0.1, 0.15) is 52.1 Å². The van der Waals surface area contributed by atoms with Gasteiger partial charge in [0.15, 0.2) is 23.1 Å². The van der Waals surface area contributed by atoms with Crippen LogP contribution in [0, 0.1) is 11.8 Å². The molecule has 4 N–H and O–H groups in total. The van der Waals surface area contributed by atoms with E-state index in [2.05, 4.69) is 32.5 Å². The Kier molecular flexibility index (Phi) is 6.30. The molecular formula is C22H29N7O3. The van der Waals surface area contributed by atoms with Gasteiger partial charge >= 0.3 is 0 Å². The summed E-state index contributed by atoms with van der Waals surface area (Å²) in [5, 5.41) is 21.1. The molecule has 0 spiro atoms. The molecule has 32 heavy (non-hydrogen) atoms. The molecular weight excluding hydrogens is 410 g/mol. The number of pyridine rings is 1. The molecule has 10 heteroatoms. The van der Waals surface area contributed by atoms with E-state index in [1.807, 2.05) is 11.5 Å². The molecule has 0 aromatic carbocycles. The van der Waals surface area contributed by atoms with Gasteiger partial charge in [0.1, 0.15) is 22.3 Å². The van der Waals surface area contributed by atoms with Crippen LogP contribution in [0.15, 0.2) is 10.8 Å². The number of nitrogens with two attached hydrogens (primary N) is 1. The van der Waals surface area contributed by atoms with Crippen LogP contribution in [0.2, 0.25) is 0 Å². The third kappa shape index (κ3) is 4.69. The topological polar surface area (TPSA) is 137 Å². The molecule has 1 fully saturated rings. The number of fused-ring (bicyclic) bond motifs is 1. The Bertz CT molecular complexity index is 1150. The Morgan fingerprint density at radius 2 is 2.19 bits per heavy atom. The average molecular weight is 440 g/mol. The Morgan fingerprint density at radius 3 is 2.81 bits per heavy atom. The van der Waals surface area contributed by atoms with Crippen molar-refractivity contribution in [2.75, 3.05) is 18.9 Å². The van der Waals surface area contributed by atoms with E-state index in [1.54, 1.807) is 20.0 Å². The van der Waals surface area contributed by atoms with Gasteiger partial charge < -0.3 is 25.5 Å². The summed E-state index contributed by atoms with van der Waals surface area (Å²) < 4.78 is 12.8. The van der Waals surface area contributed by atoms with Crippen LogP contribution in [0.3, 0.4) is 0 Å². The molecule has 3 aromatic heterocycles. The Hall–Kier alpha value is -3.16. The summed E-state index contributed by atoms with van der Waals surface area (Å²) in [7, 11) is 0. The molecule has 0 aliphatic heterocycles. The number of hydrogen-bond acceptors (Lipinski definition) is 9. The van der Waals surface area contributed by atoms with Crippen molar-refractivity contribution in [1.29, 1.82) is 0 Å². The van der Waals surface area contributed by atoms with E-state index in [-0.39, 0.29) is 5.82 Å². The van der Waals surface area contributed by atoms with Gasteiger partial charge in [-0.05, 0) is 62.8 Å². The molecule has 170 valence electrons. The van der Waals surface area contributed by atoms with Gasteiger partial charge in [0.05, 0.1) is 12.8 Å². The lowest BCUT2D eigenvalue weighted by molar-refractivity contribution is 0.143. The maximum absolute atomic E-state index is 10.0. The minimum absolute atomic E-state index is 0.150. The molecule has 1 aliphatic rings. The lowest BCUT2D eigenvalue weighted by Crippen LogP contribution is -2.36. The first kappa shape index (κ1) is 22.0. The van der Waals surface area contributed by atoms with E-state index >= 15 is 0 Å². The van der Waals surface area contributed by atoms with E-state index in [9.17, 15) is 5.11 Å². The zero-order chi connectivity index (χ0) is 22.7. The molecule has 1 aliphatic carbocycles. The van der Waals surface area contributed by atoms with E-state index in [1.165, 1.54) is 19.3 Å². The van der Waals surface area contributed by atoms with Gasteiger partial charge in [-0.1, -0.05) is 12.3 Å². The quantitative estimate of drug-likeness (QED) is 0.356. The number of imidazole rings is 1. The van der Waals surface area contributed by atoms with Gasteiger partial charge in [0, 0.05) is 12.6 Å². The Labute approximate surface area is 186 Å². The molecule has 0 amide bonds. The second-order valence-corrected chi connectivity index (χ2v) is 8.44. The smallest absolute Gasteiger partial charge is 0.199 e. The predicted molar refractivity (Wildman–Crippen MR) is 120 cm³/mol. The minimum atomic E-state index is -1.16. The number of nitrogens with zero attached hydrogens (tertiary/aromatic N) is 5. The summed E-state index contributed by atoms with van der Waals surface area (Å²) in [5.74, 6) is 6.99. The third-order valence-corrected chi connectivity index (χ3v) is 5.38. The molecule has 0 unspecified atom stereocenters. The monoisotopic (exact) mass is 439 g/mol. The first-order chi connectivity index (χ1) is 15.4. The molecule has 3 aromatic rings. The number of nitrogens with one attached hydrogen (secondary N) is 1. The summed E-state index contributed by atoms with van der Waals surface area (Å²) in [6.45, 7) is 7.26. The fourth-order valence-corrected chi connectivity index (χ4v) is 3.53. The van der Waals surface area contributed by atoms with Crippen molar-refractivity contribution in [1.82, 2.24) is 30.2 Å². The summed E-state index contributed by atoms with van der Waals surface area (Å²) in [4.78, 5) is 9.18. The standard InChI is InChI=1S/C22H29N7O3/c1-4-29-19-16(31-12-6-11-24-14-7-5-8-14)13-25-15(9-10-22(2,3)30)17(19)26-21(29)18-20(23)28-32-27-18/h13-14,24,30H,4-8,11-12H2,1-3H3,(H2,23,28). The molecule has 0 atom stereocenters. The highest BCUT2D eigenvalue weighted by molar-refractivity contribution is 5.89. The number of aromatic nitrogens is 5. The number of anilines is 1. The van der Waals surface area contributed by atoms with Gasteiger partial charge in [-0.15, -0.1) is 0 Å². The maximum Gasteiger partial charge on any atom is 0.199 e. The van der Waals surface area contributed by atoms with Crippen molar-refractivity contribution >= 4 is 16.9 Å². The van der Waals surface area contributed by atoms with Crippen LogP contribution in [0.25, 0.3) is 22.6 Å². The van der Waals surface area contributed by atoms with Crippen molar-refractivity contribution in [3.8, 4) is 29.1 Å². The van der Waals surface area contributed by atoms with E-state index < -0.39 is 5.60 Å². The van der Waals surface area contributed by atoms with Crippen LogP contribution in [-0.2, 0) is 6.54 Å². The number of ether oxygens (including phenoxy) is 1. The van der Waals surface area contributed by atoms with E-state index in [0.29, 0.717) is 47.7 Å². The molecule has 4 rings (SSSR count). The second kappa shape index (κ2) is 9.14. The molecule has 0 bridgehead atoms. The first-order valence-corrected chi connectivity index (χ1v) is 11.0. The second-order valence-electron chi connectivity index (χ2n) is 8.44. The van der Waals surface area contributed by atoms with E-state index in [4.69, 9.17) is 20.1 Å². The summed E-state index contributed by atoms with van der Waals surface area (Å²) in [6.07, 6.45) is 6.37. The van der Waals surface area contributed by atoms with Crippen LogP contribution in [-0.4, -0.2) is 54.7 Å². The molecule has 0 radical (unpaired) electrons. The SMILES string of the molecule is CCn1c(-c2nonc2N)nc2c(C#CC(C)(C)O)ncc(OCCCNC3CCC3)c21. The lowest BCUT2D eigenvalue weighted by Gasteiger charge is -2.26. The zero-order valence-electron chi connectivity index (χ0n) is 18.7. The fourth-order valence-electron chi connectivity index (χ4n) is 3.53. The number of hydrogen-bond donors (Lipinski definition) is 3. The van der Waals surface area contributed by atoms with Gasteiger partial charge in [0.2, 0.25) is 0 Å². The summed E-state index contributed by atoms with van der Waals surface area (Å²) >= 11 is 0. The Balaban J connectivity index is 1.68. The molecule has 3 heterocycles. The van der Waals surface area contributed by atoms with Crippen molar-refractivity contribution in [2.45, 2.75) is 64.6 Å². The highest BCUT2D eigenvalue weighted by atomic mass is 16.6. The van der Waals surface area contributed by atoms with Crippen molar-refractivity contribution in [3.05, 3.63) is 11.9 Å². The zero-order valence-corrected chi connectivity index (χ0v) is 18.7. The van der Waals surface area contributed by atoms with Gasteiger partial charge in [0.25, 0.3) is 0 Å². The number of nitrogen functional groups attached to an aromatic ring is 1. The van der Waals surface area contributed by atoms with Crippen LogP contribution in [0.4, 0.5) is 5.82 Å². The average Bonchev–Trinajstić information content (AvgIpc) is 3.30. The number of aryl methyl sites for hydroxylation is 1. The number of aliphatic hydroxyl groups is 1.